The summed E-state index contributed by atoms with van der Waals surface area (Å²) in [6, 6.07) is 2.75. The molecular formula is C8H4MgO5. The molecule has 0 saturated carbocycles. The van der Waals surface area contributed by atoms with Crippen LogP contribution in [0.25, 0.3) is 0 Å². The number of carbonyl (C=O) groups is 2. The Kier molecular flexibility index (Phi) is 4.38. The molecule has 0 saturated heterocycles. The van der Waals surface area contributed by atoms with Gasteiger partial charge in [0.1, 0.15) is 5.75 Å². The Hall–Kier alpha value is -1.27. The van der Waals surface area contributed by atoms with Crippen molar-refractivity contribution < 1.29 is 24.9 Å². The molecule has 0 bridgehead atoms. The van der Waals surface area contributed by atoms with Gasteiger partial charge in [-0.15, -0.1) is 0 Å². The van der Waals surface area contributed by atoms with Gasteiger partial charge in [0.2, 0.25) is 0 Å². The van der Waals surface area contributed by atoms with Gasteiger partial charge < -0.3 is 24.9 Å². The Bertz CT molecular complexity index is 374. The molecule has 0 aliphatic rings. The van der Waals surface area contributed by atoms with Gasteiger partial charge in [0.15, 0.2) is 0 Å². The van der Waals surface area contributed by atoms with Crippen LogP contribution in [0.15, 0.2) is 18.2 Å². The predicted molar refractivity (Wildman–Crippen MR) is 42.5 cm³/mol. The SMILES string of the molecule is O=C([O-])c1ccc(C(=O)[O-])c(O)c1.[Mg+2]. The van der Waals surface area contributed by atoms with Crippen LogP contribution in [0, 0.1) is 0 Å². The fourth-order valence-corrected chi connectivity index (χ4v) is 0.831. The minimum absolute atomic E-state index is 0. The van der Waals surface area contributed by atoms with Crippen molar-refractivity contribution in [3.63, 3.8) is 0 Å². The van der Waals surface area contributed by atoms with Crippen molar-refractivity contribution in [3.8, 4) is 5.75 Å². The first-order valence-electron chi connectivity index (χ1n) is 3.28. The van der Waals surface area contributed by atoms with Crippen LogP contribution in [-0.4, -0.2) is 40.1 Å². The first-order valence-corrected chi connectivity index (χ1v) is 3.28. The van der Waals surface area contributed by atoms with Gasteiger partial charge in [0, 0.05) is 11.1 Å². The summed E-state index contributed by atoms with van der Waals surface area (Å²) >= 11 is 0. The van der Waals surface area contributed by atoms with Crippen molar-refractivity contribution in [2.45, 2.75) is 0 Å². The number of phenols is 1. The Balaban J connectivity index is 0.00000169. The van der Waals surface area contributed by atoms with Crippen LogP contribution >= 0.6 is 0 Å². The summed E-state index contributed by atoms with van der Waals surface area (Å²) in [4.78, 5) is 20.5. The molecule has 68 valence electrons. The zero-order valence-corrected chi connectivity index (χ0v) is 8.43. The van der Waals surface area contributed by atoms with Crippen molar-refractivity contribution in [1.29, 1.82) is 0 Å². The molecule has 1 aromatic rings. The Morgan fingerprint density at radius 3 is 2.07 bits per heavy atom. The zero-order chi connectivity index (χ0) is 10.0. The number of carbonyl (C=O) groups excluding carboxylic acids is 2. The molecule has 0 radical (unpaired) electrons. The van der Waals surface area contributed by atoms with Crippen LogP contribution < -0.4 is 10.2 Å². The zero-order valence-electron chi connectivity index (χ0n) is 7.02. The normalized spacial score (nSPS) is 8.86. The fourth-order valence-electron chi connectivity index (χ4n) is 0.831. The smallest absolute Gasteiger partial charge is 0.545 e. The van der Waals surface area contributed by atoms with Gasteiger partial charge >= 0.3 is 23.1 Å². The third-order valence-electron chi connectivity index (χ3n) is 1.45. The summed E-state index contributed by atoms with van der Waals surface area (Å²) in [5, 5.41) is 29.5. The van der Waals surface area contributed by atoms with Crippen molar-refractivity contribution in [2.75, 3.05) is 0 Å². The molecule has 14 heavy (non-hydrogen) atoms. The van der Waals surface area contributed by atoms with E-state index in [4.69, 9.17) is 5.11 Å². The minimum atomic E-state index is -1.57. The first-order chi connectivity index (χ1) is 6.02. The van der Waals surface area contributed by atoms with Gasteiger partial charge in [-0.3, -0.25) is 0 Å². The van der Waals surface area contributed by atoms with Crippen molar-refractivity contribution in [1.82, 2.24) is 0 Å². The summed E-state index contributed by atoms with van der Waals surface area (Å²) in [5.41, 5.74) is -0.743. The van der Waals surface area contributed by atoms with E-state index in [1.54, 1.807) is 0 Å². The molecule has 0 aliphatic heterocycles. The third kappa shape index (κ3) is 2.61. The molecule has 0 spiro atoms. The van der Waals surface area contributed by atoms with E-state index in [2.05, 4.69) is 0 Å². The molecule has 0 fully saturated rings. The van der Waals surface area contributed by atoms with Crippen molar-refractivity contribution >= 4 is 35.0 Å². The summed E-state index contributed by atoms with van der Waals surface area (Å²) < 4.78 is 0. The second kappa shape index (κ2) is 4.82. The maximum atomic E-state index is 10.3. The van der Waals surface area contributed by atoms with E-state index in [1.807, 2.05) is 0 Å². The second-order valence-corrected chi connectivity index (χ2v) is 2.31. The van der Waals surface area contributed by atoms with Gasteiger partial charge in [-0.05, 0) is 12.1 Å². The Morgan fingerprint density at radius 2 is 1.71 bits per heavy atom. The maximum absolute atomic E-state index is 10.3. The Labute approximate surface area is 95.1 Å². The average molecular weight is 204 g/mol. The number of hydrogen-bond donors (Lipinski definition) is 1. The molecule has 1 aromatic carbocycles. The maximum Gasteiger partial charge on any atom is 2.00 e. The van der Waals surface area contributed by atoms with E-state index in [-0.39, 0.29) is 28.6 Å². The molecule has 1 rings (SSSR count). The number of carboxylic acid groups (broad SMARTS) is 2. The van der Waals surface area contributed by atoms with E-state index < -0.39 is 23.3 Å². The van der Waals surface area contributed by atoms with E-state index in [1.165, 1.54) is 0 Å². The monoisotopic (exact) mass is 204 g/mol. The fraction of sp³-hybridized carbons (Fsp3) is 0. The molecule has 0 amide bonds. The summed E-state index contributed by atoms with van der Waals surface area (Å²) in [7, 11) is 0. The summed E-state index contributed by atoms with van der Waals surface area (Å²) in [6.07, 6.45) is 0. The van der Waals surface area contributed by atoms with Gasteiger partial charge in [0.25, 0.3) is 0 Å². The van der Waals surface area contributed by atoms with Crippen LogP contribution in [0.3, 0.4) is 0 Å². The van der Waals surface area contributed by atoms with Crippen LogP contribution in [0.5, 0.6) is 5.75 Å². The molecule has 0 atom stereocenters. The molecule has 0 aromatic heterocycles. The second-order valence-electron chi connectivity index (χ2n) is 2.31. The predicted octanol–water partition coefficient (Wildman–Crippen LogP) is -2.26. The molecule has 0 aliphatic carbocycles. The number of rotatable bonds is 2. The molecular weight excluding hydrogens is 200 g/mol. The molecule has 6 heteroatoms. The van der Waals surface area contributed by atoms with E-state index in [0.717, 1.165) is 18.2 Å². The largest absolute Gasteiger partial charge is 2.00 e. The quantitative estimate of drug-likeness (QED) is 0.548. The molecule has 5 nitrogen and oxygen atoms in total. The Morgan fingerprint density at radius 1 is 1.14 bits per heavy atom. The standard InChI is InChI=1S/C8H6O5.Mg/c9-6-3-4(7(10)11)1-2-5(6)8(12)13;/h1-3,9H,(H,10,11)(H,12,13);/q;+2/p-2. The van der Waals surface area contributed by atoms with Gasteiger partial charge in [-0.25, -0.2) is 0 Å². The number of aromatic carboxylic acids is 2. The van der Waals surface area contributed by atoms with Gasteiger partial charge in [-0.2, -0.15) is 0 Å². The minimum Gasteiger partial charge on any atom is -0.545 e. The molecule has 0 heterocycles. The van der Waals surface area contributed by atoms with Crippen LogP contribution in [0.4, 0.5) is 0 Å². The van der Waals surface area contributed by atoms with Gasteiger partial charge in [-0.1, -0.05) is 6.07 Å². The van der Waals surface area contributed by atoms with Crippen LogP contribution in [0.1, 0.15) is 20.7 Å². The summed E-state index contributed by atoms with van der Waals surface area (Å²) in [5.74, 6) is -3.70. The number of aromatic hydroxyl groups is 1. The number of carboxylic acids is 2. The molecule has 0 unspecified atom stereocenters. The summed E-state index contributed by atoms with van der Waals surface area (Å²) in [6.45, 7) is 0. The first kappa shape index (κ1) is 12.7. The van der Waals surface area contributed by atoms with E-state index in [9.17, 15) is 19.8 Å². The molecule has 1 N–H and O–H groups in total. The number of hydrogen-bond acceptors (Lipinski definition) is 5. The van der Waals surface area contributed by atoms with Crippen molar-refractivity contribution in [2.24, 2.45) is 0 Å². The topological polar surface area (TPSA) is 100 Å². The van der Waals surface area contributed by atoms with Gasteiger partial charge in [0.05, 0.1) is 11.9 Å². The van der Waals surface area contributed by atoms with Crippen LogP contribution in [-0.2, 0) is 0 Å². The third-order valence-corrected chi connectivity index (χ3v) is 1.45. The van der Waals surface area contributed by atoms with E-state index >= 15 is 0 Å². The number of benzene rings is 1. The van der Waals surface area contributed by atoms with Crippen molar-refractivity contribution in [3.05, 3.63) is 29.3 Å². The van der Waals surface area contributed by atoms with Crippen LogP contribution in [0.2, 0.25) is 0 Å². The van der Waals surface area contributed by atoms with E-state index in [0.29, 0.717) is 0 Å². The average Bonchev–Trinajstić information content (AvgIpc) is 2.03.